The second kappa shape index (κ2) is 4.94. The van der Waals surface area contributed by atoms with Crippen molar-refractivity contribution in [3.63, 3.8) is 0 Å². The van der Waals surface area contributed by atoms with E-state index in [1.807, 2.05) is 0 Å². The fourth-order valence-corrected chi connectivity index (χ4v) is 2.12. The molecule has 1 aromatic rings. The summed E-state index contributed by atoms with van der Waals surface area (Å²) in [6, 6.07) is 4.48. The van der Waals surface area contributed by atoms with Crippen molar-refractivity contribution in [3.05, 3.63) is 28.5 Å². The van der Waals surface area contributed by atoms with Crippen LogP contribution in [0.2, 0.25) is 0 Å². The smallest absolute Gasteiger partial charge is 0.133 e. The van der Waals surface area contributed by atoms with E-state index in [0.29, 0.717) is 22.7 Å². The zero-order valence-corrected chi connectivity index (χ0v) is 9.89. The van der Waals surface area contributed by atoms with E-state index in [4.69, 9.17) is 4.74 Å². The quantitative estimate of drug-likeness (QED) is 0.914. The molecule has 1 aliphatic rings. The third-order valence-corrected chi connectivity index (χ3v) is 3.15. The maximum Gasteiger partial charge on any atom is 0.133 e. The van der Waals surface area contributed by atoms with E-state index in [1.54, 1.807) is 6.07 Å². The van der Waals surface area contributed by atoms with E-state index in [1.165, 1.54) is 12.1 Å². The molecule has 0 aromatic heterocycles. The number of ether oxygens (including phenoxy) is 1. The third kappa shape index (κ3) is 2.92. The Kier molecular flexibility index (Phi) is 3.59. The lowest BCUT2D eigenvalue weighted by molar-refractivity contribution is 0.258. The Balaban J connectivity index is 1.92. The Morgan fingerprint density at radius 2 is 2.40 bits per heavy atom. The van der Waals surface area contributed by atoms with Crippen molar-refractivity contribution in [1.29, 1.82) is 0 Å². The molecule has 0 spiro atoms. The lowest BCUT2D eigenvalue weighted by Crippen LogP contribution is -2.15. The van der Waals surface area contributed by atoms with Gasteiger partial charge in [-0.1, -0.05) is 0 Å². The van der Waals surface area contributed by atoms with Crippen LogP contribution < -0.4 is 10.1 Å². The van der Waals surface area contributed by atoms with Crippen LogP contribution in [0, 0.1) is 11.7 Å². The van der Waals surface area contributed by atoms with Crippen LogP contribution in [0.5, 0.6) is 5.75 Å². The Hall–Kier alpha value is -0.610. The number of rotatable bonds is 3. The van der Waals surface area contributed by atoms with Gasteiger partial charge in [0.15, 0.2) is 0 Å². The van der Waals surface area contributed by atoms with Gasteiger partial charge >= 0.3 is 0 Å². The number of hydrogen-bond acceptors (Lipinski definition) is 2. The van der Waals surface area contributed by atoms with Gasteiger partial charge in [-0.05, 0) is 47.1 Å². The molecule has 1 aliphatic heterocycles. The van der Waals surface area contributed by atoms with E-state index in [2.05, 4.69) is 21.2 Å². The first-order valence-electron chi connectivity index (χ1n) is 5.04. The maximum absolute atomic E-state index is 12.8. The average Bonchev–Trinajstić information content (AvgIpc) is 2.69. The monoisotopic (exact) mass is 273 g/mol. The van der Waals surface area contributed by atoms with Gasteiger partial charge in [0.1, 0.15) is 11.6 Å². The van der Waals surface area contributed by atoms with Crippen LogP contribution in [0.15, 0.2) is 22.7 Å². The van der Waals surface area contributed by atoms with Gasteiger partial charge in [0, 0.05) is 12.5 Å². The van der Waals surface area contributed by atoms with Crippen molar-refractivity contribution in [2.75, 3.05) is 19.7 Å². The number of benzene rings is 1. The zero-order chi connectivity index (χ0) is 10.7. The van der Waals surface area contributed by atoms with Crippen molar-refractivity contribution < 1.29 is 9.13 Å². The van der Waals surface area contributed by atoms with Gasteiger partial charge < -0.3 is 10.1 Å². The molecule has 1 N–H and O–H groups in total. The molecule has 1 fully saturated rings. The minimum absolute atomic E-state index is 0.253. The minimum Gasteiger partial charge on any atom is -0.492 e. The van der Waals surface area contributed by atoms with E-state index < -0.39 is 0 Å². The molecule has 0 amide bonds. The topological polar surface area (TPSA) is 21.3 Å². The predicted octanol–water partition coefficient (Wildman–Crippen LogP) is 2.58. The average molecular weight is 274 g/mol. The summed E-state index contributed by atoms with van der Waals surface area (Å²) >= 11 is 3.28. The Labute approximate surface area is 96.9 Å². The first kappa shape index (κ1) is 10.9. The number of hydrogen-bond donors (Lipinski definition) is 1. The van der Waals surface area contributed by atoms with Crippen molar-refractivity contribution >= 4 is 15.9 Å². The molecule has 1 saturated heterocycles. The molecular formula is C11H13BrFNO. The van der Waals surface area contributed by atoms with Gasteiger partial charge in [0.2, 0.25) is 0 Å². The highest BCUT2D eigenvalue weighted by molar-refractivity contribution is 9.10. The number of nitrogens with one attached hydrogen (secondary N) is 1. The van der Waals surface area contributed by atoms with Crippen LogP contribution in [0.4, 0.5) is 4.39 Å². The van der Waals surface area contributed by atoms with Crippen LogP contribution in [0.1, 0.15) is 6.42 Å². The molecule has 0 saturated carbocycles. The Morgan fingerprint density at radius 3 is 3.07 bits per heavy atom. The summed E-state index contributed by atoms with van der Waals surface area (Å²) in [6.07, 6.45) is 1.15. The molecule has 1 atom stereocenters. The molecule has 1 heterocycles. The fraction of sp³-hybridized carbons (Fsp3) is 0.455. The molecule has 4 heteroatoms. The van der Waals surface area contributed by atoms with E-state index in [0.717, 1.165) is 19.5 Å². The molecule has 2 nitrogen and oxygen atoms in total. The minimum atomic E-state index is -0.253. The SMILES string of the molecule is Fc1ccc(OC[C@H]2CCNC2)c(Br)c1. The fourth-order valence-electron chi connectivity index (χ4n) is 1.66. The third-order valence-electron chi connectivity index (χ3n) is 2.53. The van der Waals surface area contributed by atoms with Crippen LogP contribution in [-0.4, -0.2) is 19.7 Å². The first-order chi connectivity index (χ1) is 7.25. The highest BCUT2D eigenvalue weighted by Gasteiger charge is 2.15. The van der Waals surface area contributed by atoms with Gasteiger partial charge in [-0.3, -0.25) is 0 Å². The van der Waals surface area contributed by atoms with Crippen LogP contribution in [-0.2, 0) is 0 Å². The van der Waals surface area contributed by atoms with Crippen molar-refractivity contribution in [2.24, 2.45) is 5.92 Å². The first-order valence-corrected chi connectivity index (χ1v) is 5.83. The van der Waals surface area contributed by atoms with Gasteiger partial charge in [-0.25, -0.2) is 4.39 Å². The van der Waals surface area contributed by atoms with Crippen molar-refractivity contribution in [2.45, 2.75) is 6.42 Å². The Bertz CT molecular complexity index is 339. The molecule has 1 aromatic carbocycles. The van der Waals surface area contributed by atoms with Crippen molar-refractivity contribution in [3.8, 4) is 5.75 Å². The molecule has 0 radical (unpaired) electrons. The summed E-state index contributed by atoms with van der Waals surface area (Å²) in [7, 11) is 0. The second-order valence-electron chi connectivity index (χ2n) is 3.74. The van der Waals surface area contributed by atoms with E-state index in [9.17, 15) is 4.39 Å². The van der Waals surface area contributed by atoms with Gasteiger partial charge in [-0.2, -0.15) is 0 Å². The lowest BCUT2D eigenvalue weighted by Gasteiger charge is -2.11. The van der Waals surface area contributed by atoms with Gasteiger partial charge in [-0.15, -0.1) is 0 Å². The highest BCUT2D eigenvalue weighted by atomic mass is 79.9. The normalized spacial score (nSPS) is 20.5. The summed E-state index contributed by atoms with van der Waals surface area (Å²) < 4.78 is 19.1. The highest BCUT2D eigenvalue weighted by Crippen LogP contribution is 2.26. The lowest BCUT2D eigenvalue weighted by atomic mass is 10.1. The van der Waals surface area contributed by atoms with Gasteiger partial charge in [0.25, 0.3) is 0 Å². The number of halogens is 2. The van der Waals surface area contributed by atoms with Crippen LogP contribution in [0.25, 0.3) is 0 Å². The predicted molar refractivity (Wildman–Crippen MR) is 60.6 cm³/mol. The van der Waals surface area contributed by atoms with Crippen LogP contribution >= 0.6 is 15.9 Å². The standard InChI is InChI=1S/C11H13BrFNO/c12-10-5-9(13)1-2-11(10)15-7-8-3-4-14-6-8/h1-2,5,8,14H,3-4,6-7H2/t8-/m0/s1. The summed E-state index contributed by atoms with van der Waals surface area (Å²) in [5, 5.41) is 3.28. The largest absolute Gasteiger partial charge is 0.492 e. The summed E-state index contributed by atoms with van der Waals surface area (Å²) in [4.78, 5) is 0. The summed E-state index contributed by atoms with van der Waals surface area (Å²) in [5.74, 6) is 1.03. The molecule has 82 valence electrons. The summed E-state index contributed by atoms with van der Waals surface area (Å²) in [5.41, 5.74) is 0. The second-order valence-corrected chi connectivity index (χ2v) is 4.60. The molecule has 2 rings (SSSR count). The molecule has 0 unspecified atom stereocenters. The Morgan fingerprint density at radius 1 is 1.53 bits per heavy atom. The van der Waals surface area contributed by atoms with E-state index in [-0.39, 0.29) is 5.82 Å². The molecular weight excluding hydrogens is 261 g/mol. The van der Waals surface area contributed by atoms with Crippen molar-refractivity contribution in [1.82, 2.24) is 5.32 Å². The van der Waals surface area contributed by atoms with E-state index >= 15 is 0 Å². The zero-order valence-electron chi connectivity index (χ0n) is 8.30. The molecule has 0 bridgehead atoms. The summed E-state index contributed by atoms with van der Waals surface area (Å²) in [6.45, 7) is 2.77. The maximum atomic E-state index is 12.8. The van der Waals surface area contributed by atoms with Gasteiger partial charge in [0.05, 0.1) is 11.1 Å². The van der Waals surface area contributed by atoms with Crippen LogP contribution in [0.3, 0.4) is 0 Å². The molecule has 15 heavy (non-hydrogen) atoms. The molecule has 0 aliphatic carbocycles.